The van der Waals surface area contributed by atoms with Gasteiger partial charge in [0.1, 0.15) is 11.9 Å². The van der Waals surface area contributed by atoms with Gasteiger partial charge in [-0.25, -0.2) is 4.39 Å². The third kappa shape index (κ3) is 6.49. The number of rotatable bonds is 8. The Morgan fingerprint density at radius 2 is 2.22 bits per heavy atom. The van der Waals surface area contributed by atoms with Gasteiger partial charge >= 0.3 is 0 Å². The van der Waals surface area contributed by atoms with E-state index in [9.17, 15) is 9.18 Å². The van der Waals surface area contributed by atoms with Gasteiger partial charge in [-0.3, -0.25) is 4.79 Å². The van der Waals surface area contributed by atoms with E-state index in [-0.39, 0.29) is 23.9 Å². The molecule has 2 atom stereocenters. The Kier molecular flexibility index (Phi) is 7.85. The van der Waals surface area contributed by atoms with Gasteiger partial charge in [0.05, 0.1) is 12.6 Å². The molecule has 6 heteroatoms. The molecule has 0 saturated carbocycles. The molecule has 1 aliphatic heterocycles. The van der Waals surface area contributed by atoms with Crippen molar-refractivity contribution in [2.24, 2.45) is 0 Å². The van der Waals surface area contributed by atoms with Crippen molar-refractivity contribution in [3.8, 4) is 0 Å². The lowest BCUT2D eigenvalue weighted by Gasteiger charge is -2.31. The molecule has 0 aromatic heterocycles. The van der Waals surface area contributed by atoms with Crippen molar-refractivity contribution < 1.29 is 18.7 Å². The zero-order chi connectivity index (χ0) is 16.5. The van der Waals surface area contributed by atoms with E-state index < -0.39 is 0 Å². The number of carbonyl (C=O) groups excluding carboxylic acids is 1. The first kappa shape index (κ1) is 18.2. The highest BCUT2D eigenvalue weighted by Crippen LogP contribution is 2.15. The Balaban J connectivity index is 1.65. The second kappa shape index (κ2) is 9.90. The predicted octanol–water partition coefficient (Wildman–Crippen LogP) is 2.76. The van der Waals surface area contributed by atoms with Crippen molar-refractivity contribution in [1.29, 1.82) is 0 Å². The van der Waals surface area contributed by atoms with Gasteiger partial charge < -0.3 is 14.8 Å². The first-order chi connectivity index (χ1) is 11.2. The molecule has 1 saturated heterocycles. The molecule has 0 aliphatic carbocycles. The molecule has 1 aromatic rings. The number of halogens is 1. The van der Waals surface area contributed by atoms with Crippen molar-refractivity contribution in [2.45, 2.75) is 37.7 Å². The average molecular weight is 341 g/mol. The van der Waals surface area contributed by atoms with Crippen LogP contribution in [-0.4, -0.2) is 43.6 Å². The van der Waals surface area contributed by atoms with Crippen molar-refractivity contribution >= 4 is 17.7 Å². The average Bonchev–Trinajstić information content (AvgIpc) is 2.55. The number of thioether (sulfide) groups is 1. The molecule has 1 heterocycles. The number of hydrogen-bond acceptors (Lipinski definition) is 4. The Morgan fingerprint density at radius 1 is 1.43 bits per heavy atom. The number of benzene rings is 1. The van der Waals surface area contributed by atoms with Crippen molar-refractivity contribution in [3.05, 3.63) is 35.6 Å². The summed E-state index contributed by atoms with van der Waals surface area (Å²) in [5, 5.41) is 3.05. The molecule has 0 radical (unpaired) electrons. The summed E-state index contributed by atoms with van der Waals surface area (Å²) >= 11 is 1.67. The monoisotopic (exact) mass is 341 g/mol. The van der Waals surface area contributed by atoms with Crippen molar-refractivity contribution in [1.82, 2.24) is 5.32 Å². The number of nitrogens with one attached hydrogen (secondary N) is 1. The number of hydrogen-bond donors (Lipinski definition) is 1. The van der Waals surface area contributed by atoms with Gasteiger partial charge in [-0.05, 0) is 31.0 Å². The van der Waals surface area contributed by atoms with E-state index in [0.29, 0.717) is 26.2 Å². The van der Waals surface area contributed by atoms with Gasteiger partial charge in [0.25, 0.3) is 0 Å². The highest BCUT2D eigenvalue weighted by atomic mass is 32.2. The molecule has 23 heavy (non-hydrogen) atoms. The van der Waals surface area contributed by atoms with Crippen LogP contribution in [0.25, 0.3) is 0 Å². The maximum Gasteiger partial charge on any atom is 0.221 e. The van der Waals surface area contributed by atoms with Crippen molar-refractivity contribution in [3.63, 3.8) is 0 Å². The third-order valence-electron chi connectivity index (χ3n) is 3.69. The summed E-state index contributed by atoms with van der Waals surface area (Å²) in [5.41, 5.74) is 1.07. The van der Waals surface area contributed by atoms with Gasteiger partial charge in [-0.15, -0.1) is 0 Å². The van der Waals surface area contributed by atoms with Crippen molar-refractivity contribution in [2.75, 3.05) is 25.6 Å². The van der Waals surface area contributed by atoms with Crippen LogP contribution >= 0.6 is 11.8 Å². The SMILES string of the molecule is CCO[C@@H]1COCC[C@H]1NC(=O)CCSCc1ccc(F)cc1. The summed E-state index contributed by atoms with van der Waals surface area (Å²) in [6.07, 6.45) is 1.21. The van der Waals surface area contributed by atoms with Crippen LogP contribution < -0.4 is 5.32 Å². The highest BCUT2D eigenvalue weighted by Gasteiger charge is 2.27. The minimum atomic E-state index is -0.224. The largest absolute Gasteiger partial charge is 0.379 e. The lowest BCUT2D eigenvalue weighted by molar-refractivity contribution is -0.125. The van der Waals surface area contributed by atoms with Gasteiger partial charge in [0, 0.05) is 31.1 Å². The lowest BCUT2D eigenvalue weighted by atomic mass is 10.1. The van der Waals surface area contributed by atoms with Gasteiger partial charge in [-0.2, -0.15) is 11.8 Å². The summed E-state index contributed by atoms with van der Waals surface area (Å²) in [6.45, 7) is 3.76. The molecule has 0 bridgehead atoms. The summed E-state index contributed by atoms with van der Waals surface area (Å²) in [5.74, 6) is 1.35. The van der Waals surface area contributed by atoms with E-state index in [4.69, 9.17) is 9.47 Å². The second-order valence-electron chi connectivity index (χ2n) is 5.46. The molecule has 128 valence electrons. The second-order valence-corrected chi connectivity index (χ2v) is 6.57. The molecule has 1 fully saturated rings. The third-order valence-corrected chi connectivity index (χ3v) is 4.72. The van der Waals surface area contributed by atoms with Crippen LogP contribution in [-0.2, 0) is 20.0 Å². The molecule has 1 aromatic carbocycles. The fourth-order valence-electron chi connectivity index (χ4n) is 2.47. The predicted molar refractivity (Wildman–Crippen MR) is 90.0 cm³/mol. The standard InChI is InChI=1S/C17H24FNO3S/c1-2-22-16-11-21-9-7-15(16)19-17(20)8-10-23-12-13-3-5-14(18)6-4-13/h3-6,15-16H,2,7-12H2,1H3,(H,19,20)/t15-,16-/m1/s1. The van der Waals surface area contributed by atoms with Crippen LogP contribution in [0.2, 0.25) is 0 Å². The Bertz CT molecular complexity index is 481. The Morgan fingerprint density at radius 3 is 2.96 bits per heavy atom. The van der Waals surface area contributed by atoms with E-state index >= 15 is 0 Å². The molecule has 2 rings (SSSR count). The van der Waals surface area contributed by atoms with Crippen LogP contribution in [0, 0.1) is 5.82 Å². The minimum Gasteiger partial charge on any atom is -0.379 e. The Labute approximate surface area is 141 Å². The van der Waals surface area contributed by atoms with Gasteiger partial charge in [-0.1, -0.05) is 12.1 Å². The summed E-state index contributed by atoms with van der Waals surface area (Å²) in [6, 6.07) is 6.51. The number of amides is 1. The zero-order valence-corrected chi connectivity index (χ0v) is 14.2. The maximum absolute atomic E-state index is 12.8. The number of ether oxygens (including phenoxy) is 2. The molecular weight excluding hydrogens is 317 g/mol. The maximum atomic E-state index is 12.8. The molecule has 4 nitrogen and oxygen atoms in total. The number of carbonyl (C=O) groups is 1. The highest BCUT2D eigenvalue weighted by molar-refractivity contribution is 7.98. The van der Waals surface area contributed by atoms with E-state index in [1.807, 2.05) is 6.92 Å². The molecule has 0 unspecified atom stereocenters. The topological polar surface area (TPSA) is 47.6 Å². The molecule has 0 spiro atoms. The van der Waals surface area contributed by atoms with Crippen LogP contribution in [0.5, 0.6) is 0 Å². The summed E-state index contributed by atoms with van der Waals surface area (Å²) < 4.78 is 23.8. The molecular formula is C17H24FNO3S. The summed E-state index contributed by atoms with van der Waals surface area (Å²) in [7, 11) is 0. The fourth-order valence-corrected chi connectivity index (χ4v) is 3.37. The lowest BCUT2D eigenvalue weighted by Crippen LogP contribution is -2.50. The molecule has 1 aliphatic rings. The van der Waals surface area contributed by atoms with E-state index in [1.165, 1.54) is 12.1 Å². The smallest absolute Gasteiger partial charge is 0.221 e. The first-order valence-electron chi connectivity index (χ1n) is 8.00. The molecule has 1 amide bonds. The fraction of sp³-hybridized carbons (Fsp3) is 0.588. The van der Waals surface area contributed by atoms with E-state index in [1.54, 1.807) is 23.9 Å². The van der Waals surface area contributed by atoms with E-state index in [2.05, 4.69) is 5.32 Å². The summed E-state index contributed by atoms with van der Waals surface area (Å²) in [4.78, 5) is 12.0. The first-order valence-corrected chi connectivity index (χ1v) is 9.15. The van der Waals surface area contributed by atoms with Crippen LogP contribution in [0.15, 0.2) is 24.3 Å². The normalized spacial score (nSPS) is 21.1. The zero-order valence-electron chi connectivity index (χ0n) is 13.4. The van der Waals surface area contributed by atoms with Crippen LogP contribution in [0.4, 0.5) is 4.39 Å². The Hall–Kier alpha value is -1.11. The van der Waals surface area contributed by atoms with Gasteiger partial charge in [0.15, 0.2) is 0 Å². The van der Waals surface area contributed by atoms with E-state index in [0.717, 1.165) is 23.5 Å². The van der Waals surface area contributed by atoms with Crippen LogP contribution in [0.3, 0.4) is 0 Å². The van der Waals surface area contributed by atoms with Gasteiger partial charge in [0.2, 0.25) is 5.91 Å². The minimum absolute atomic E-state index is 0.0401. The quantitative estimate of drug-likeness (QED) is 0.739. The van der Waals surface area contributed by atoms with Crippen LogP contribution in [0.1, 0.15) is 25.3 Å². The molecule has 1 N–H and O–H groups in total.